The third-order valence-corrected chi connectivity index (χ3v) is 11.7. The molecule has 0 radical (unpaired) electrons. The molecule has 5 rings (SSSR count). The van der Waals surface area contributed by atoms with Crippen LogP contribution in [0.4, 0.5) is 0 Å². The summed E-state index contributed by atoms with van der Waals surface area (Å²) >= 11 is 0. The molecule has 62 heavy (non-hydrogen) atoms. The van der Waals surface area contributed by atoms with E-state index in [1.54, 1.807) is 12.2 Å². The third-order valence-electron chi connectivity index (χ3n) is 11.7. The Morgan fingerprint density at radius 2 is 1.06 bits per heavy atom. The molecule has 0 saturated heterocycles. The highest BCUT2D eigenvalue weighted by atomic mass is 16.5. The summed E-state index contributed by atoms with van der Waals surface area (Å²) in [5.41, 5.74) is 1.47. The lowest BCUT2D eigenvalue weighted by Crippen LogP contribution is -2.64. The van der Waals surface area contributed by atoms with E-state index in [1.807, 2.05) is 72.8 Å². The van der Waals surface area contributed by atoms with Crippen LogP contribution in [0, 0.1) is 11.3 Å². The normalized spacial score (nSPS) is 14.3. The van der Waals surface area contributed by atoms with Crippen LogP contribution in [0.15, 0.2) is 92.6 Å². The Kier molecular flexibility index (Phi) is 18.4. The maximum atomic E-state index is 13.7. The molecule has 0 spiro atoms. The Bertz CT molecular complexity index is 2220. The molecule has 1 atom stereocenters. The van der Waals surface area contributed by atoms with Crippen LogP contribution in [0.5, 0.6) is 11.5 Å². The summed E-state index contributed by atoms with van der Waals surface area (Å²) in [5.74, 6) is 4.29. The summed E-state index contributed by atoms with van der Waals surface area (Å²) in [5, 5.41) is 0.379. The summed E-state index contributed by atoms with van der Waals surface area (Å²) < 4.78 is 25.0. The topological polar surface area (TPSA) is 73.1 Å². The molecular weight excluding hydrogens is 769 g/mol. The van der Waals surface area contributed by atoms with Crippen LogP contribution in [0.2, 0.25) is 0 Å². The quantitative estimate of drug-likeness (QED) is 0.0517. The van der Waals surface area contributed by atoms with Crippen molar-refractivity contribution in [3.05, 3.63) is 126 Å². The molecule has 6 heteroatoms. The van der Waals surface area contributed by atoms with E-state index >= 15 is 0 Å². The Labute approximate surface area is 372 Å². The lowest BCUT2D eigenvalue weighted by molar-refractivity contribution is 0.257. The van der Waals surface area contributed by atoms with E-state index in [9.17, 15) is 9.59 Å². The molecule has 0 saturated carbocycles. The molecule has 0 fully saturated rings. The largest absolute Gasteiger partial charge is 0.494 e. The minimum Gasteiger partial charge on any atom is -0.494 e. The predicted molar refractivity (Wildman–Crippen MR) is 259 cm³/mol. The lowest BCUT2D eigenvalue weighted by Gasteiger charge is -2.29. The molecule has 1 aliphatic rings. The standard InChI is InChI=1S/C56H75O6/c1-9-11-13-15-17-19-21-23-33-59-45-29-25-43(26-30-45)49-37-41(39-51(61-49)55(3,4)5)35-47-53(57)48(54(47)58)36-42-38-50(62-52(40-42)56(6,7)8)44-27-31-46(32-28-44)60-34-24-22-20-18-16-14-12-10-2/h25-32,35-41H,9-24,33-34H2,1-8H3/q+1. The minimum atomic E-state index is -0.300. The average molecular weight is 844 g/mol. The second-order valence-corrected chi connectivity index (χ2v) is 19.4. The van der Waals surface area contributed by atoms with Crippen molar-refractivity contribution >= 4 is 17.9 Å². The van der Waals surface area contributed by atoms with E-state index in [1.165, 1.54) is 89.9 Å². The fourth-order valence-corrected chi connectivity index (χ4v) is 7.71. The first-order chi connectivity index (χ1) is 29.8. The highest BCUT2D eigenvalue weighted by Crippen LogP contribution is 2.37. The summed E-state index contributed by atoms with van der Waals surface area (Å²) in [4.78, 5) is 27.4. The summed E-state index contributed by atoms with van der Waals surface area (Å²) in [6.45, 7) is 18.5. The number of hydrogen-bond donors (Lipinski definition) is 0. The van der Waals surface area contributed by atoms with Gasteiger partial charge in [0.2, 0.25) is 10.9 Å². The number of ether oxygens (including phenoxy) is 3. The number of hydrogen-bond acceptors (Lipinski definition) is 5. The zero-order valence-electron chi connectivity index (χ0n) is 39.3. The van der Waals surface area contributed by atoms with Gasteiger partial charge in [-0.15, -0.1) is 0 Å². The first kappa shape index (κ1) is 48.3. The van der Waals surface area contributed by atoms with Gasteiger partial charge in [0.1, 0.15) is 23.0 Å². The SMILES string of the molecule is CCCCCCCCCCOc1ccc(C2=CC(C=c3c(=O)c(=Cc4cc(-c5ccc(OCCCCCCCCCC)cc5)[o+]c(C(C)(C)C)c4)c3=O)C=C(C(C)(C)C)O2)cc1. The Morgan fingerprint density at radius 1 is 0.581 bits per heavy atom. The molecule has 0 aliphatic carbocycles. The van der Waals surface area contributed by atoms with Crippen molar-refractivity contribution in [2.75, 3.05) is 13.2 Å². The van der Waals surface area contributed by atoms with Gasteiger partial charge in [0, 0.05) is 23.0 Å². The van der Waals surface area contributed by atoms with Gasteiger partial charge in [-0.3, -0.25) is 9.59 Å². The van der Waals surface area contributed by atoms with Crippen molar-refractivity contribution in [2.24, 2.45) is 11.3 Å². The van der Waals surface area contributed by atoms with Gasteiger partial charge in [0.25, 0.3) is 0 Å². The summed E-state index contributed by atoms with van der Waals surface area (Å²) in [6.07, 6.45) is 27.7. The van der Waals surface area contributed by atoms with Crippen LogP contribution >= 0.6 is 0 Å². The first-order valence-electron chi connectivity index (χ1n) is 23.9. The summed E-state index contributed by atoms with van der Waals surface area (Å²) in [7, 11) is 0. The van der Waals surface area contributed by atoms with Crippen LogP contribution in [0.3, 0.4) is 0 Å². The Hall–Kier alpha value is -4.71. The van der Waals surface area contributed by atoms with E-state index in [0.29, 0.717) is 24.7 Å². The molecule has 4 aromatic rings. The molecule has 6 nitrogen and oxygen atoms in total. The van der Waals surface area contributed by atoms with Crippen LogP contribution in [-0.2, 0) is 10.2 Å². The summed E-state index contributed by atoms with van der Waals surface area (Å²) in [6, 6.07) is 19.8. The fourth-order valence-electron chi connectivity index (χ4n) is 7.71. The molecule has 1 aliphatic heterocycles. The van der Waals surface area contributed by atoms with Gasteiger partial charge in [-0.1, -0.05) is 131 Å². The van der Waals surface area contributed by atoms with Gasteiger partial charge >= 0.3 is 11.5 Å². The van der Waals surface area contributed by atoms with Crippen molar-refractivity contribution in [3.8, 4) is 22.8 Å². The lowest BCUT2D eigenvalue weighted by atomic mass is 9.88. The number of unbranched alkanes of at least 4 members (excludes halogenated alkanes) is 14. The van der Waals surface area contributed by atoms with Gasteiger partial charge < -0.3 is 14.2 Å². The van der Waals surface area contributed by atoms with E-state index in [-0.39, 0.29) is 38.0 Å². The number of benzene rings is 2. The van der Waals surface area contributed by atoms with E-state index in [4.69, 9.17) is 18.6 Å². The fraction of sp³-hybridized carbons (Fsp3) is 0.518. The molecule has 0 amide bonds. The number of rotatable bonds is 24. The van der Waals surface area contributed by atoms with Crippen molar-refractivity contribution in [1.82, 2.24) is 0 Å². The van der Waals surface area contributed by atoms with Crippen molar-refractivity contribution in [3.63, 3.8) is 0 Å². The average Bonchev–Trinajstić information content (AvgIpc) is 3.25. The van der Waals surface area contributed by atoms with Gasteiger partial charge in [0.05, 0.1) is 40.7 Å². The van der Waals surface area contributed by atoms with E-state index in [0.717, 1.165) is 52.6 Å². The maximum Gasteiger partial charge on any atom is 0.360 e. The highest BCUT2D eigenvalue weighted by Gasteiger charge is 2.30. The second kappa shape index (κ2) is 23.7. The van der Waals surface area contributed by atoms with Crippen molar-refractivity contribution in [2.45, 2.75) is 164 Å². The van der Waals surface area contributed by atoms with Crippen molar-refractivity contribution in [1.29, 1.82) is 0 Å². The molecular formula is C56H75O6+. The molecule has 2 heterocycles. The van der Waals surface area contributed by atoms with Crippen LogP contribution in [0.1, 0.15) is 175 Å². The molecule has 0 bridgehead atoms. The van der Waals surface area contributed by atoms with E-state index < -0.39 is 0 Å². The molecule has 334 valence electrons. The Morgan fingerprint density at radius 3 is 1.55 bits per heavy atom. The van der Waals surface area contributed by atoms with Gasteiger partial charge in [0.15, 0.2) is 0 Å². The minimum absolute atomic E-state index is 0.178. The van der Waals surface area contributed by atoms with Gasteiger partial charge in [-0.05, 0) is 106 Å². The predicted octanol–water partition coefficient (Wildman–Crippen LogP) is 13.4. The van der Waals surface area contributed by atoms with Gasteiger partial charge in [-0.25, -0.2) is 4.42 Å². The zero-order chi connectivity index (χ0) is 44.5. The van der Waals surface area contributed by atoms with E-state index in [2.05, 4.69) is 55.4 Å². The smallest absolute Gasteiger partial charge is 0.360 e. The first-order valence-corrected chi connectivity index (χ1v) is 23.9. The van der Waals surface area contributed by atoms with Crippen LogP contribution < -0.4 is 30.8 Å². The Balaban J connectivity index is 1.28. The second-order valence-electron chi connectivity index (χ2n) is 19.4. The monoisotopic (exact) mass is 844 g/mol. The van der Waals surface area contributed by atoms with Crippen LogP contribution in [-0.4, -0.2) is 13.2 Å². The highest BCUT2D eigenvalue weighted by molar-refractivity contribution is 5.66. The molecule has 1 aromatic heterocycles. The third kappa shape index (κ3) is 14.7. The van der Waals surface area contributed by atoms with Crippen molar-refractivity contribution < 1.29 is 18.6 Å². The molecule has 0 N–H and O–H groups in total. The molecule has 3 aromatic carbocycles. The van der Waals surface area contributed by atoms with Gasteiger partial charge in [-0.2, -0.15) is 0 Å². The molecule has 1 unspecified atom stereocenters. The maximum absolute atomic E-state index is 13.7. The number of allylic oxidation sites excluding steroid dienone is 3. The van der Waals surface area contributed by atoms with Crippen LogP contribution in [0.25, 0.3) is 29.2 Å². The zero-order valence-corrected chi connectivity index (χ0v) is 39.3.